The van der Waals surface area contributed by atoms with Crippen molar-refractivity contribution in [2.75, 3.05) is 7.05 Å². The number of para-hydroxylation sites is 1. The van der Waals surface area contributed by atoms with Crippen molar-refractivity contribution in [2.24, 2.45) is 0 Å². The molecule has 1 N–H and O–H groups in total. The third-order valence-electron chi connectivity index (χ3n) is 3.48. The Morgan fingerprint density at radius 3 is 2.57 bits per heavy atom. The highest BCUT2D eigenvalue weighted by atomic mass is 79.9. The maximum absolute atomic E-state index is 14.1. The Morgan fingerprint density at radius 1 is 1.10 bits per heavy atom. The molecule has 0 aliphatic heterocycles. The van der Waals surface area contributed by atoms with Crippen LogP contribution in [0.1, 0.15) is 17.3 Å². The predicted molar refractivity (Wildman–Crippen MR) is 86.7 cm³/mol. The first-order valence-corrected chi connectivity index (χ1v) is 7.47. The summed E-state index contributed by atoms with van der Waals surface area (Å²) in [5.74, 6) is -0.237. The molecule has 2 nitrogen and oxygen atoms in total. The Bertz CT molecular complexity index is 789. The van der Waals surface area contributed by atoms with Gasteiger partial charge in [0.2, 0.25) is 0 Å². The molecule has 0 amide bonds. The van der Waals surface area contributed by atoms with E-state index in [0.717, 1.165) is 21.1 Å². The molecule has 3 aromatic rings. The molecule has 21 heavy (non-hydrogen) atoms. The van der Waals surface area contributed by atoms with Crippen LogP contribution < -0.4 is 5.32 Å². The van der Waals surface area contributed by atoms with Crippen LogP contribution in [-0.2, 0) is 0 Å². The second kappa shape index (κ2) is 5.92. The van der Waals surface area contributed by atoms with E-state index in [-0.39, 0.29) is 11.9 Å². The Hall–Kier alpha value is -1.78. The summed E-state index contributed by atoms with van der Waals surface area (Å²) in [6.45, 7) is 0. The summed E-state index contributed by atoms with van der Waals surface area (Å²) in [6.07, 6.45) is 0. The van der Waals surface area contributed by atoms with Gasteiger partial charge in [-0.1, -0.05) is 36.4 Å². The topological polar surface area (TPSA) is 24.9 Å². The minimum atomic E-state index is -0.301. The Morgan fingerprint density at radius 2 is 1.81 bits per heavy atom. The van der Waals surface area contributed by atoms with Gasteiger partial charge in [0, 0.05) is 15.4 Å². The van der Waals surface area contributed by atoms with Crippen molar-refractivity contribution >= 4 is 26.8 Å². The third-order valence-corrected chi connectivity index (χ3v) is 4.12. The lowest BCUT2D eigenvalue weighted by Crippen LogP contribution is -2.20. The highest BCUT2D eigenvalue weighted by Gasteiger charge is 2.20. The van der Waals surface area contributed by atoms with E-state index in [1.54, 1.807) is 19.2 Å². The number of nitrogens with zero attached hydrogens (tertiary/aromatic N) is 1. The fraction of sp³-hybridized carbons (Fsp3) is 0.118. The SMILES string of the molecule is CNC(c1ccccc1F)c1nc2ccccc2cc1Br. The molecule has 106 valence electrons. The Labute approximate surface area is 131 Å². The van der Waals surface area contributed by atoms with Gasteiger partial charge < -0.3 is 5.32 Å². The molecule has 3 rings (SSSR count). The van der Waals surface area contributed by atoms with Crippen LogP contribution >= 0.6 is 15.9 Å². The van der Waals surface area contributed by atoms with Crippen molar-refractivity contribution in [3.8, 4) is 0 Å². The lowest BCUT2D eigenvalue weighted by Gasteiger charge is -2.19. The van der Waals surface area contributed by atoms with Crippen molar-refractivity contribution in [3.05, 3.63) is 76.1 Å². The number of benzene rings is 2. The Balaban J connectivity index is 2.17. The molecule has 4 heteroatoms. The standard InChI is InChI=1S/C17H14BrFN2/c1-20-16(12-7-3-4-8-14(12)19)17-13(18)10-11-6-2-5-9-15(11)21-17/h2-10,16,20H,1H3. The van der Waals surface area contributed by atoms with Crippen molar-refractivity contribution in [1.82, 2.24) is 10.3 Å². The first-order chi connectivity index (χ1) is 10.2. The average Bonchev–Trinajstić information content (AvgIpc) is 2.50. The van der Waals surface area contributed by atoms with E-state index >= 15 is 0 Å². The zero-order valence-electron chi connectivity index (χ0n) is 11.5. The second-order valence-electron chi connectivity index (χ2n) is 4.79. The molecule has 2 aromatic carbocycles. The smallest absolute Gasteiger partial charge is 0.128 e. The van der Waals surface area contributed by atoms with Crippen molar-refractivity contribution in [1.29, 1.82) is 0 Å². The molecule has 0 aliphatic carbocycles. The second-order valence-corrected chi connectivity index (χ2v) is 5.65. The molecular formula is C17H14BrFN2. The van der Waals surface area contributed by atoms with E-state index in [0.29, 0.717) is 5.56 Å². The molecule has 0 radical (unpaired) electrons. The van der Waals surface area contributed by atoms with Crippen LogP contribution in [0.5, 0.6) is 0 Å². The average molecular weight is 345 g/mol. The van der Waals surface area contributed by atoms with Crippen LogP contribution in [0.15, 0.2) is 59.1 Å². The van der Waals surface area contributed by atoms with E-state index in [2.05, 4.69) is 26.2 Å². The van der Waals surface area contributed by atoms with Gasteiger partial charge >= 0.3 is 0 Å². The minimum Gasteiger partial charge on any atom is -0.308 e. The largest absolute Gasteiger partial charge is 0.308 e. The highest BCUT2D eigenvalue weighted by Crippen LogP contribution is 2.30. The molecular weight excluding hydrogens is 331 g/mol. The van der Waals surface area contributed by atoms with E-state index in [9.17, 15) is 4.39 Å². The van der Waals surface area contributed by atoms with Crippen LogP contribution in [0, 0.1) is 5.82 Å². The van der Waals surface area contributed by atoms with Gasteiger partial charge in [-0.25, -0.2) is 9.37 Å². The van der Waals surface area contributed by atoms with Crippen molar-refractivity contribution in [2.45, 2.75) is 6.04 Å². The van der Waals surface area contributed by atoms with Gasteiger partial charge in [0.1, 0.15) is 5.82 Å². The maximum atomic E-state index is 14.1. The van der Waals surface area contributed by atoms with Crippen LogP contribution in [0.25, 0.3) is 10.9 Å². The number of hydrogen-bond acceptors (Lipinski definition) is 2. The number of fused-ring (bicyclic) bond motifs is 1. The van der Waals surface area contributed by atoms with E-state index < -0.39 is 0 Å². The molecule has 0 bridgehead atoms. The number of halogens is 2. The zero-order chi connectivity index (χ0) is 14.8. The number of hydrogen-bond donors (Lipinski definition) is 1. The summed E-state index contributed by atoms with van der Waals surface area (Å²) in [6, 6.07) is 16.4. The van der Waals surface area contributed by atoms with Gasteiger partial charge in [0.25, 0.3) is 0 Å². The zero-order valence-corrected chi connectivity index (χ0v) is 13.1. The van der Waals surface area contributed by atoms with E-state index in [1.165, 1.54) is 6.07 Å². The summed E-state index contributed by atoms with van der Waals surface area (Å²) in [7, 11) is 1.81. The number of aromatic nitrogens is 1. The number of nitrogens with one attached hydrogen (secondary N) is 1. The maximum Gasteiger partial charge on any atom is 0.128 e. The van der Waals surface area contributed by atoms with Crippen LogP contribution in [0.4, 0.5) is 4.39 Å². The van der Waals surface area contributed by atoms with E-state index in [1.807, 2.05) is 36.4 Å². The summed E-state index contributed by atoms with van der Waals surface area (Å²) >= 11 is 3.56. The van der Waals surface area contributed by atoms with Crippen LogP contribution in [0.3, 0.4) is 0 Å². The van der Waals surface area contributed by atoms with E-state index in [4.69, 9.17) is 0 Å². The van der Waals surface area contributed by atoms with Crippen LogP contribution in [-0.4, -0.2) is 12.0 Å². The predicted octanol–water partition coefficient (Wildman–Crippen LogP) is 4.45. The van der Waals surface area contributed by atoms with Gasteiger partial charge in [-0.2, -0.15) is 0 Å². The minimum absolute atomic E-state index is 0.237. The fourth-order valence-corrected chi connectivity index (χ4v) is 3.02. The lowest BCUT2D eigenvalue weighted by molar-refractivity contribution is 0.570. The molecule has 0 spiro atoms. The summed E-state index contributed by atoms with van der Waals surface area (Å²) in [5.41, 5.74) is 2.26. The third kappa shape index (κ3) is 2.69. The summed E-state index contributed by atoms with van der Waals surface area (Å²) in [4.78, 5) is 4.69. The number of rotatable bonds is 3. The molecule has 1 heterocycles. The highest BCUT2D eigenvalue weighted by molar-refractivity contribution is 9.10. The van der Waals surface area contributed by atoms with Gasteiger partial charge in [0.15, 0.2) is 0 Å². The first kappa shape index (κ1) is 14.2. The van der Waals surface area contributed by atoms with Crippen molar-refractivity contribution in [3.63, 3.8) is 0 Å². The first-order valence-electron chi connectivity index (χ1n) is 6.67. The Kier molecular flexibility index (Phi) is 3.99. The molecule has 1 atom stereocenters. The van der Waals surface area contributed by atoms with Gasteiger partial charge in [-0.3, -0.25) is 0 Å². The van der Waals surface area contributed by atoms with Gasteiger partial charge in [0.05, 0.1) is 17.3 Å². The monoisotopic (exact) mass is 344 g/mol. The number of pyridine rings is 1. The molecule has 1 unspecified atom stereocenters. The lowest BCUT2D eigenvalue weighted by atomic mass is 10.0. The summed E-state index contributed by atoms with van der Waals surface area (Å²) < 4.78 is 14.9. The normalized spacial score (nSPS) is 12.5. The van der Waals surface area contributed by atoms with Gasteiger partial charge in [-0.15, -0.1) is 0 Å². The summed E-state index contributed by atoms with van der Waals surface area (Å²) in [5, 5.41) is 4.20. The molecule has 0 aliphatic rings. The molecule has 0 saturated carbocycles. The molecule has 1 aromatic heterocycles. The fourth-order valence-electron chi connectivity index (χ4n) is 2.46. The van der Waals surface area contributed by atoms with Crippen molar-refractivity contribution < 1.29 is 4.39 Å². The quantitative estimate of drug-likeness (QED) is 0.759. The molecule has 0 fully saturated rings. The van der Waals surface area contributed by atoms with Crippen LogP contribution in [0.2, 0.25) is 0 Å². The van der Waals surface area contributed by atoms with Gasteiger partial charge in [-0.05, 0) is 41.2 Å². The molecule has 0 saturated heterocycles.